The first-order valence-electron chi connectivity index (χ1n) is 9.41. The second-order valence-corrected chi connectivity index (χ2v) is 9.00. The van der Waals surface area contributed by atoms with Gasteiger partial charge >= 0.3 is 0 Å². The van der Waals surface area contributed by atoms with E-state index in [0.29, 0.717) is 16.5 Å². The Labute approximate surface area is 187 Å². The lowest BCUT2D eigenvalue weighted by atomic mass is 10.1. The van der Waals surface area contributed by atoms with Crippen LogP contribution in [0.5, 0.6) is 11.5 Å². The first-order chi connectivity index (χ1) is 14.7. The van der Waals surface area contributed by atoms with Crippen molar-refractivity contribution in [3.8, 4) is 11.5 Å². The Hall–Kier alpha value is -3.03. The summed E-state index contributed by atoms with van der Waals surface area (Å²) < 4.78 is 38.1. The van der Waals surface area contributed by atoms with Crippen LogP contribution in [0.2, 0.25) is 5.02 Å². The van der Waals surface area contributed by atoms with Crippen LogP contribution in [0.1, 0.15) is 11.1 Å². The highest BCUT2D eigenvalue weighted by Crippen LogP contribution is 2.28. The molecule has 0 aliphatic heterocycles. The van der Waals surface area contributed by atoms with Crippen LogP contribution in [0.25, 0.3) is 0 Å². The topological polar surface area (TPSA) is 72.9 Å². The Bertz CT molecular complexity index is 1160. The van der Waals surface area contributed by atoms with Gasteiger partial charge in [-0.3, -0.25) is 4.79 Å². The SMILES string of the molecule is COc1ccc(N(C(=O)COc2cc(C)c(Cl)c(C)c2)S(=O)(=O)c2ccccc2)cc1. The smallest absolute Gasteiger partial charge is 0.278 e. The molecule has 3 rings (SSSR count). The molecule has 162 valence electrons. The first kappa shape index (κ1) is 22.7. The molecule has 0 aliphatic rings. The van der Waals surface area contributed by atoms with Crippen LogP contribution < -0.4 is 13.8 Å². The van der Waals surface area contributed by atoms with E-state index >= 15 is 0 Å². The van der Waals surface area contributed by atoms with Gasteiger partial charge in [-0.15, -0.1) is 0 Å². The second kappa shape index (κ2) is 9.41. The van der Waals surface area contributed by atoms with Crippen molar-refractivity contribution >= 4 is 33.2 Å². The number of ether oxygens (including phenoxy) is 2. The molecule has 0 saturated heterocycles. The number of carbonyl (C=O) groups excluding carboxylic acids is 1. The molecule has 0 bridgehead atoms. The fourth-order valence-corrected chi connectivity index (χ4v) is 4.57. The number of aryl methyl sites for hydroxylation is 2. The molecule has 0 aromatic heterocycles. The first-order valence-corrected chi connectivity index (χ1v) is 11.2. The van der Waals surface area contributed by atoms with Crippen LogP contribution in [0.15, 0.2) is 71.6 Å². The fraction of sp³-hybridized carbons (Fsp3) is 0.174. The van der Waals surface area contributed by atoms with Gasteiger partial charge in [0.25, 0.3) is 15.9 Å². The minimum Gasteiger partial charge on any atom is -0.497 e. The fourth-order valence-electron chi connectivity index (χ4n) is 3.03. The minimum absolute atomic E-state index is 0.00245. The van der Waals surface area contributed by atoms with Gasteiger partial charge in [-0.05, 0) is 73.5 Å². The number of rotatable bonds is 7. The van der Waals surface area contributed by atoms with Crippen molar-refractivity contribution in [2.45, 2.75) is 18.7 Å². The molecule has 0 atom stereocenters. The number of hydrogen-bond donors (Lipinski definition) is 0. The van der Waals surface area contributed by atoms with Crippen LogP contribution in [-0.4, -0.2) is 28.0 Å². The molecule has 0 N–H and O–H groups in total. The summed E-state index contributed by atoms with van der Waals surface area (Å²) in [5, 5.41) is 0.616. The molecule has 0 radical (unpaired) electrons. The van der Waals surface area contributed by atoms with Gasteiger partial charge in [-0.2, -0.15) is 4.31 Å². The lowest BCUT2D eigenvalue weighted by Crippen LogP contribution is -2.40. The summed E-state index contributed by atoms with van der Waals surface area (Å²) in [6.45, 7) is 3.18. The van der Waals surface area contributed by atoms with Gasteiger partial charge < -0.3 is 9.47 Å². The molecule has 6 nitrogen and oxygen atoms in total. The van der Waals surface area contributed by atoms with Crippen LogP contribution in [0.4, 0.5) is 5.69 Å². The van der Waals surface area contributed by atoms with E-state index in [1.165, 1.54) is 31.4 Å². The summed E-state index contributed by atoms with van der Waals surface area (Å²) >= 11 is 6.17. The van der Waals surface area contributed by atoms with Gasteiger partial charge in [0.15, 0.2) is 6.61 Å². The third kappa shape index (κ3) is 5.00. The normalized spacial score (nSPS) is 11.1. The van der Waals surface area contributed by atoms with Crippen molar-refractivity contribution in [1.29, 1.82) is 0 Å². The third-order valence-electron chi connectivity index (χ3n) is 4.59. The van der Waals surface area contributed by atoms with Gasteiger partial charge in [-0.25, -0.2) is 8.42 Å². The molecule has 31 heavy (non-hydrogen) atoms. The monoisotopic (exact) mass is 459 g/mol. The van der Waals surface area contributed by atoms with Crippen molar-refractivity contribution in [3.05, 3.63) is 82.9 Å². The molecule has 0 spiro atoms. The summed E-state index contributed by atoms with van der Waals surface area (Å²) in [6, 6.07) is 17.4. The van der Waals surface area contributed by atoms with Gasteiger partial charge in [0.2, 0.25) is 0 Å². The predicted octanol–water partition coefficient (Wildman–Crippen LogP) is 4.77. The zero-order valence-corrected chi connectivity index (χ0v) is 18.9. The van der Waals surface area contributed by atoms with Crippen molar-refractivity contribution in [1.82, 2.24) is 0 Å². The summed E-state index contributed by atoms with van der Waals surface area (Å²) in [5.41, 5.74) is 1.78. The Morgan fingerprint density at radius 3 is 2.06 bits per heavy atom. The number of amides is 1. The van der Waals surface area contributed by atoms with Gasteiger partial charge in [0.1, 0.15) is 11.5 Å². The van der Waals surface area contributed by atoms with Crippen molar-refractivity contribution in [2.75, 3.05) is 18.0 Å². The van der Waals surface area contributed by atoms with Crippen molar-refractivity contribution < 1.29 is 22.7 Å². The Morgan fingerprint density at radius 1 is 0.935 bits per heavy atom. The summed E-state index contributed by atoms with van der Waals surface area (Å²) in [7, 11) is -2.66. The Kier molecular flexibility index (Phi) is 6.87. The van der Waals surface area contributed by atoms with Crippen LogP contribution in [0, 0.1) is 13.8 Å². The standard InChI is InChI=1S/C23H22ClNO5S/c1-16-13-20(14-17(2)23(16)24)30-15-22(26)25(18-9-11-19(29-3)12-10-18)31(27,28)21-7-5-4-6-8-21/h4-14H,15H2,1-3H3. The minimum atomic E-state index is -4.16. The van der Waals surface area contributed by atoms with E-state index in [0.717, 1.165) is 15.4 Å². The summed E-state index contributed by atoms with van der Waals surface area (Å²) in [5.74, 6) is 0.232. The molecule has 0 unspecified atom stereocenters. The molecular weight excluding hydrogens is 438 g/mol. The molecule has 3 aromatic rings. The maximum absolute atomic E-state index is 13.3. The van der Waals surface area contributed by atoms with E-state index in [1.807, 2.05) is 13.8 Å². The Morgan fingerprint density at radius 2 is 1.52 bits per heavy atom. The van der Waals surface area contributed by atoms with E-state index in [4.69, 9.17) is 21.1 Å². The molecule has 0 aliphatic carbocycles. The summed E-state index contributed by atoms with van der Waals surface area (Å²) in [6.07, 6.45) is 0. The molecule has 0 fully saturated rings. The molecule has 1 amide bonds. The van der Waals surface area contributed by atoms with Crippen molar-refractivity contribution in [2.24, 2.45) is 0 Å². The zero-order valence-electron chi connectivity index (χ0n) is 17.3. The number of nitrogens with zero attached hydrogens (tertiary/aromatic N) is 1. The largest absolute Gasteiger partial charge is 0.497 e. The van der Waals surface area contributed by atoms with Gasteiger partial charge in [-0.1, -0.05) is 29.8 Å². The van der Waals surface area contributed by atoms with E-state index in [1.54, 1.807) is 42.5 Å². The number of sulfonamides is 1. The number of halogens is 1. The summed E-state index contributed by atoms with van der Waals surface area (Å²) in [4.78, 5) is 13.1. The predicted molar refractivity (Wildman–Crippen MR) is 121 cm³/mol. The van der Waals surface area contributed by atoms with Crippen LogP contribution in [-0.2, 0) is 14.8 Å². The average molecular weight is 460 g/mol. The van der Waals surface area contributed by atoms with Crippen molar-refractivity contribution in [3.63, 3.8) is 0 Å². The number of hydrogen-bond acceptors (Lipinski definition) is 5. The molecule has 0 heterocycles. The molecule has 8 heteroatoms. The number of methoxy groups -OCH3 is 1. The third-order valence-corrected chi connectivity index (χ3v) is 6.95. The number of benzene rings is 3. The van der Waals surface area contributed by atoms with Gasteiger partial charge in [0, 0.05) is 5.02 Å². The quantitative estimate of drug-likeness (QED) is 0.509. The highest BCUT2D eigenvalue weighted by Gasteiger charge is 2.31. The Balaban J connectivity index is 1.94. The van der Waals surface area contributed by atoms with E-state index < -0.39 is 22.5 Å². The lowest BCUT2D eigenvalue weighted by molar-refractivity contribution is -0.119. The molecule has 3 aromatic carbocycles. The molecule has 0 saturated carbocycles. The lowest BCUT2D eigenvalue weighted by Gasteiger charge is -2.23. The number of anilines is 1. The maximum Gasteiger partial charge on any atom is 0.278 e. The highest BCUT2D eigenvalue weighted by molar-refractivity contribution is 7.93. The molecular formula is C23H22ClNO5S. The highest BCUT2D eigenvalue weighted by atomic mass is 35.5. The number of carbonyl (C=O) groups is 1. The average Bonchev–Trinajstić information content (AvgIpc) is 2.77. The van der Waals surface area contributed by atoms with E-state index in [-0.39, 0.29) is 10.6 Å². The second-order valence-electron chi connectivity index (χ2n) is 6.83. The van der Waals surface area contributed by atoms with E-state index in [2.05, 4.69) is 0 Å². The maximum atomic E-state index is 13.3. The van der Waals surface area contributed by atoms with E-state index in [9.17, 15) is 13.2 Å². The zero-order chi connectivity index (χ0) is 22.6. The van der Waals surface area contributed by atoms with Crippen LogP contribution in [0.3, 0.4) is 0 Å². The van der Waals surface area contributed by atoms with Crippen LogP contribution >= 0.6 is 11.6 Å². The van der Waals surface area contributed by atoms with Gasteiger partial charge in [0.05, 0.1) is 17.7 Å².